The van der Waals surface area contributed by atoms with E-state index >= 15 is 0 Å². The second-order valence-corrected chi connectivity index (χ2v) is 4.60. The summed E-state index contributed by atoms with van der Waals surface area (Å²) in [7, 11) is -3.70. The highest BCUT2D eigenvalue weighted by molar-refractivity contribution is 7.89. The molecule has 0 amide bonds. The zero-order valence-electron chi connectivity index (χ0n) is 7.12. The maximum absolute atomic E-state index is 11.0. The van der Waals surface area contributed by atoms with Crippen molar-refractivity contribution < 1.29 is 8.42 Å². The average molecular weight is 220 g/mol. The molecule has 0 aliphatic carbocycles. The number of halogens is 1. The fraction of sp³-hybridized carbons (Fsp3) is 0.250. The van der Waals surface area contributed by atoms with Gasteiger partial charge in [-0.1, -0.05) is 24.6 Å². The summed E-state index contributed by atoms with van der Waals surface area (Å²) in [5, 5.41) is 5.14. The van der Waals surface area contributed by atoms with Crippen molar-refractivity contribution in [2.24, 2.45) is 5.14 Å². The number of aryl methyl sites for hydroxylation is 1. The highest BCUT2D eigenvalue weighted by Gasteiger charge is 2.12. The Labute approximate surface area is 82.6 Å². The van der Waals surface area contributed by atoms with E-state index in [1.165, 1.54) is 6.07 Å². The predicted octanol–water partition coefficient (Wildman–Crippen LogP) is 1.55. The molecule has 0 atom stereocenters. The summed E-state index contributed by atoms with van der Waals surface area (Å²) >= 11 is 5.68. The Bertz CT molecular complexity index is 414. The van der Waals surface area contributed by atoms with Gasteiger partial charge in [0.1, 0.15) is 4.90 Å². The minimum absolute atomic E-state index is 0.00600. The van der Waals surface area contributed by atoms with Crippen LogP contribution in [0.1, 0.15) is 12.5 Å². The van der Waals surface area contributed by atoms with Crippen molar-refractivity contribution in [3.05, 3.63) is 28.8 Å². The molecular formula is C8H10ClNO2S. The van der Waals surface area contributed by atoms with Gasteiger partial charge in [0, 0.05) is 0 Å². The predicted molar refractivity (Wildman–Crippen MR) is 52.2 cm³/mol. The zero-order valence-corrected chi connectivity index (χ0v) is 8.69. The monoisotopic (exact) mass is 219 g/mol. The number of hydrogen-bond donors (Lipinski definition) is 1. The van der Waals surface area contributed by atoms with Crippen molar-refractivity contribution in [3.63, 3.8) is 0 Å². The first-order valence-corrected chi connectivity index (χ1v) is 5.69. The molecule has 0 unspecified atom stereocenters. The molecule has 0 bridgehead atoms. The van der Waals surface area contributed by atoms with Crippen molar-refractivity contribution in [1.82, 2.24) is 0 Å². The molecule has 13 heavy (non-hydrogen) atoms. The van der Waals surface area contributed by atoms with Crippen molar-refractivity contribution in [2.75, 3.05) is 0 Å². The second-order valence-electron chi connectivity index (χ2n) is 2.66. The number of nitrogens with two attached hydrogens (primary N) is 1. The topological polar surface area (TPSA) is 60.2 Å². The minimum atomic E-state index is -3.70. The third-order valence-corrected chi connectivity index (χ3v) is 3.10. The third kappa shape index (κ3) is 2.43. The summed E-state index contributed by atoms with van der Waals surface area (Å²) in [5.41, 5.74) is 0.897. The maximum atomic E-state index is 11.0. The van der Waals surface area contributed by atoms with Gasteiger partial charge in [-0.2, -0.15) is 0 Å². The summed E-state index contributed by atoms with van der Waals surface area (Å²) < 4.78 is 22.0. The Balaban J connectivity index is 3.36. The molecule has 0 spiro atoms. The fourth-order valence-electron chi connectivity index (χ4n) is 0.986. The van der Waals surface area contributed by atoms with Gasteiger partial charge in [0.05, 0.1) is 5.02 Å². The van der Waals surface area contributed by atoms with Gasteiger partial charge < -0.3 is 0 Å². The van der Waals surface area contributed by atoms with E-state index in [-0.39, 0.29) is 9.92 Å². The van der Waals surface area contributed by atoms with Crippen molar-refractivity contribution in [2.45, 2.75) is 18.2 Å². The van der Waals surface area contributed by atoms with E-state index in [4.69, 9.17) is 16.7 Å². The molecule has 0 saturated heterocycles. The molecule has 0 aliphatic rings. The average Bonchev–Trinajstić information content (AvgIpc) is 2.03. The van der Waals surface area contributed by atoms with Gasteiger partial charge in [-0.25, -0.2) is 13.6 Å². The number of rotatable bonds is 2. The Hall–Kier alpha value is -0.580. The van der Waals surface area contributed by atoms with Crippen LogP contribution in [0.15, 0.2) is 23.1 Å². The second kappa shape index (κ2) is 3.65. The van der Waals surface area contributed by atoms with Crippen LogP contribution in [-0.4, -0.2) is 8.42 Å². The molecule has 0 radical (unpaired) electrons. The normalized spacial score (nSPS) is 11.6. The molecule has 0 aromatic heterocycles. The number of hydrogen-bond acceptors (Lipinski definition) is 2. The van der Waals surface area contributed by atoms with Crippen molar-refractivity contribution in [1.29, 1.82) is 0 Å². The van der Waals surface area contributed by atoms with Gasteiger partial charge in [0.25, 0.3) is 0 Å². The smallest absolute Gasteiger partial charge is 0.225 e. The number of primary sulfonamides is 1. The summed E-state index contributed by atoms with van der Waals surface area (Å²) in [6, 6.07) is 4.81. The van der Waals surface area contributed by atoms with E-state index in [0.29, 0.717) is 0 Å². The molecule has 5 heteroatoms. The largest absolute Gasteiger partial charge is 0.239 e. The van der Waals surface area contributed by atoms with Crippen LogP contribution in [0.4, 0.5) is 0 Å². The highest BCUT2D eigenvalue weighted by Crippen LogP contribution is 2.21. The van der Waals surface area contributed by atoms with Crippen LogP contribution in [-0.2, 0) is 16.4 Å². The molecule has 0 heterocycles. The van der Waals surface area contributed by atoms with Crippen molar-refractivity contribution in [3.8, 4) is 0 Å². The van der Waals surface area contributed by atoms with E-state index in [0.717, 1.165) is 12.0 Å². The molecule has 1 aromatic carbocycles. The van der Waals surface area contributed by atoms with Gasteiger partial charge >= 0.3 is 0 Å². The molecule has 1 aromatic rings. The van der Waals surface area contributed by atoms with E-state index < -0.39 is 10.0 Å². The summed E-state index contributed by atoms with van der Waals surface area (Å²) in [6.07, 6.45) is 0.750. The van der Waals surface area contributed by atoms with Crippen LogP contribution in [0.25, 0.3) is 0 Å². The molecule has 0 saturated carbocycles. The maximum Gasteiger partial charge on any atom is 0.239 e. The summed E-state index contributed by atoms with van der Waals surface area (Å²) in [4.78, 5) is -0.00600. The first-order chi connectivity index (χ1) is 5.95. The molecule has 3 nitrogen and oxygen atoms in total. The van der Waals surface area contributed by atoms with E-state index in [1.54, 1.807) is 12.1 Å². The fourth-order valence-corrected chi connectivity index (χ4v) is 2.08. The van der Waals surface area contributed by atoms with E-state index in [1.807, 2.05) is 6.92 Å². The Kier molecular flexibility index (Phi) is 2.95. The summed E-state index contributed by atoms with van der Waals surface area (Å²) in [6.45, 7) is 1.93. The Morgan fingerprint density at radius 1 is 1.46 bits per heavy atom. The minimum Gasteiger partial charge on any atom is -0.225 e. The van der Waals surface area contributed by atoms with Crippen LogP contribution in [0, 0.1) is 0 Å². The Morgan fingerprint density at radius 3 is 2.54 bits per heavy atom. The first kappa shape index (κ1) is 10.5. The number of sulfonamides is 1. The molecule has 2 N–H and O–H groups in total. The van der Waals surface area contributed by atoms with Gasteiger partial charge in [-0.15, -0.1) is 0 Å². The lowest BCUT2D eigenvalue weighted by Gasteiger charge is -2.03. The molecule has 0 fully saturated rings. The lowest BCUT2D eigenvalue weighted by molar-refractivity contribution is 0.597. The number of benzene rings is 1. The molecule has 1 rings (SSSR count). The first-order valence-electron chi connectivity index (χ1n) is 3.76. The zero-order chi connectivity index (χ0) is 10.1. The SMILES string of the molecule is CCc1ccc(Cl)c(S(N)(=O)=O)c1. The quantitative estimate of drug-likeness (QED) is 0.821. The van der Waals surface area contributed by atoms with Gasteiger partial charge in [-0.3, -0.25) is 0 Å². The molecule has 72 valence electrons. The van der Waals surface area contributed by atoms with Crippen LogP contribution in [0.5, 0.6) is 0 Å². The van der Waals surface area contributed by atoms with Crippen molar-refractivity contribution >= 4 is 21.6 Å². The standard InChI is InChI=1S/C8H10ClNO2S/c1-2-6-3-4-7(9)8(5-6)13(10,11)12/h3-5H,2H2,1H3,(H2,10,11,12). The van der Waals surface area contributed by atoms with Gasteiger partial charge in [0.15, 0.2) is 0 Å². The van der Waals surface area contributed by atoms with Gasteiger partial charge in [0.2, 0.25) is 10.0 Å². The molecule has 0 aliphatic heterocycles. The Morgan fingerprint density at radius 2 is 2.08 bits per heavy atom. The lowest BCUT2D eigenvalue weighted by Crippen LogP contribution is -2.13. The van der Waals surface area contributed by atoms with Gasteiger partial charge in [-0.05, 0) is 24.1 Å². The van der Waals surface area contributed by atoms with E-state index in [9.17, 15) is 8.42 Å². The molecular weight excluding hydrogens is 210 g/mol. The highest BCUT2D eigenvalue weighted by atomic mass is 35.5. The van der Waals surface area contributed by atoms with Crippen LogP contribution < -0.4 is 5.14 Å². The van der Waals surface area contributed by atoms with Crippen LogP contribution in [0.2, 0.25) is 5.02 Å². The van der Waals surface area contributed by atoms with Crippen LogP contribution >= 0.6 is 11.6 Å². The van der Waals surface area contributed by atoms with E-state index in [2.05, 4.69) is 0 Å². The lowest BCUT2D eigenvalue weighted by atomic mass is 10.2. The van der Waals surface area contributed by atoms with Crippen LogP contribution in [0.3, 0.4) is 0 Å². The summed E-state index contributed by atoms with van der Waals surface area (Å²) in [5.74, 6) is 0. The third-order valence-electron chi connectivity index (χ3n) is 1.71.